The van der Waals surface area contributed by atoms with Crippen molar-refractivity contribution in [3.05, 3.63) is 12.2 Å². The minimum Gasteiger partial charge on any atom is -0.480 e. The number of nitrogens with zero attached hydrogens (tertiary/aromatic N) is 3. The van der Waals surface area contributed by atoms with Gasteiger partial charge in [0.05, 0.1) is 13.7 Å². The molecule has 0 aliphatic rings. The fraction of sp³-hybridized carbons (Fsp3) is 0.545. The zero-order valence-electron chi connectivity index (χ0n) is 11.7. The molecule has 10 nitrogen and oxygen atoms in total. The number of aliphatic carboxylic acids is 1. The molecule has 0 saturated carbocycles. The van der Waals surface area contributed by atoms with Crippen molar-refractivity contribution in [1.29, 1.82) is 0 Å². The summed E-state index contributed by atoms with van der Waals surface area (Å²) in [7, 11) is 2.69. The number of rotatable bonds is 7. The van der Waals surface area contributed by atoms with Gasteiger partial charge < -0.3 is 20.1 Å². The Morgan fingerprint density at radius 3 is 2.76 bits per heavy atom. The predicted molar refractivity (Wildman–Crippen MR) is 69.1 cm³/mol. The van der Waals surface area contributed by atoms with Crippen LogP contribution in [0.15, 0.2) is 6.33 Å². The van der Waals surface area contributed by atoms with Crippen LogP contribution < -0.4 is 5.32 Å². The normalized spacial score (nSPS) is 11.5. The highest BCUT2D eigenvalue weighted by atomic mass is 16.5. The van der Waals surface area contributed by atoms with Crippen molar-refractivity contribution in [2.75, 3.05) is 14.2 Å². The lowest BCUT2D eigenvalue weighted by Gasteiger charge is -2.20. The average Bonchev–Trinajstić information content (AvgIpc) is 2.95. The fourth-order valence-electron chi connectivity index (χ4n) is 1.48. The number of amides is 2. The van der Waals surface area contributed by atoms with E-state index in [1.54, 1.807) is 0 Å². The third-order valence-corrected chi connectivity index (χ3v) is 2.66. The number of nitrogens with one attached hydrogen (secondary N) is 2. The fourth-order valence-corrected chi connectivity index (χ4v) is 1.48. The van der Waals surface area contributed by atoms with Crippen molar-refractivity contribution in [3.8, 4) is 0 Å². The Labute approximate surface area is 120 Å². The van der Waals surface area contributed by atoms with Crippen molar-refractivity contribution in [2.24, 2.45) is 0 Å². The van der Waals surface area contributed by atoms with Crippen LogP contribution in [0.2, 0.25) is 0 Å². The number of esters is 1. The minimum absolute atomic E-state index is 0.0517. The van der Waals surface area contributed by atoms with E-state index in [1.807, 2.05) is 0 Å². The van der Waals surface area contributed by atoms with E-state index in [9.17, 15) is 14.4 Å². The number of ether oxygens (including phenoxy) is 1. The Hall–Kier alpha value is -2.65. The molecule has 0 unspecified atom stereocenters. The first-order valence-electron chi connectivity index (χ1n) is 6.09. The first kappa shape index (κ1) is 16.4. The molecule has 1 heterocycles. The molecule has 1 atom stereocenters. The summed E-state index contributed by atoms with van der Waals surface area (Å²) in [5.41, 5.74) is 0. The Morgan fingerprint density at radius 2 is 2.24 bits per heavy atom. The molecule has 1 aromatic rings. The second kappa shape index (κ2) is 7.82. The summed E-state index contributed by atoms with van der Waals surface area (Å²) in [6.45, 7) is 0.148. The second-order valence-corrected chi connectivity index (χ2v) is 4.24. The monoisotopic (exact) mass is 299 g/mol. The number of urea groups is 1. The first-order chi connectivity index (χ1) is 9.93. The lowest BCUT2D eigenvalue weighted by Crippen LogP contribution is -2.46. The standard InChI is InChI=1S/C11H17N5O5/c1-16(5-8-12-6-13-15-8)11(20)14-7(10(18)19)3-4-9(17)21-2/h6-7H,3-5H2,1-2H3,(H,14,20)(H,18,19)(H,12,13,15)/t7-/m1/s1. The number of carbonyl (C=O) groups excluding carboxylic acids is 2. The van der Waals surface area contributed by atoms with Gasteiger partial charge >= 0.3 is 18.0 Å². The number of aromatic amines is 1. The van der Waals surface area contributed by atoms with Gasteiger partial charge in [0.2, 0.25) is 0 Å². The maximum Gasteiger partial charge on any atom is 0.326 e. The van der Waals surface area contributed by atoms with Crippen molar-refractivity contribution in [2.45, 2.75) is 25.4 Å². The number of aromatic nitrogens is 3. The molecule has 0 spiro atoms. The van der Waals surface area contributed by atoms with Crippen LogP contribution in [0.1, 0.15) is 18.7 Å². The zero-order chi connectivity index (χ0) is 15.8. The van der Waals surface area contributed by atoms with Crippen molar-refractivity contribution >= 4 is 18.0 Å². The molecule has 0 radical (unpaired) electrons. The molecule has 116 valence electrons. The van der Waals surface area contributed by atoms with E-state index >= 15 is 0 Å². The number of methoxy groups -OCH3 is 1. The van der Waals surface area contributed by atoms with Crippen molar-refractivity contribution in [3.63, 3.8) is 0 Å². The number of hydrogen-bond donors (Lipinski definition) is 3. The summed E-state index contributed by atoms with van der Waals surface area (Å²) >= 11 is 0. The lowest BCUT2D eigenvalue weighted by atomic mass is 10.1. The van der Waals surface area contributed by atoms with Gasteiger partial charge in [0.25, 0.3) is 0 Å². The van der Waals surface area contributed by atoms with E-state index in [0.717, 1.165) is 0 Å². The molecule has 0 aromatic carbocycles. The van der Waals surface area contributed by atoms with E-state index in [-0.39, 0.29) is 19.4 Å². The van der Waals surface area contributed by atoms with Crippen LogP contribution in [0, 0.1) is 0 Å². The molecule has 0 saturated heterocycles. The smallest absolute Gasteiger partial charge is 0.326 e. The van der Waals surface area contributed by atoms with Gasteiger partial charge in [0.15, 0.2) is 0 Å². The second-order valence-electron chi connectivity index (χ2n) is 4.24. The minimum atomic E-state index is -1.22. The Kier molecular flexibility index (Phi) is 6.11. The highest BCUT2D eigenvalue weighted by Gasteiger charge is 2.23. The third-order valence-electron chi connectivity index (χ3n) is 2.66. The van der Waals surface area contributed by atoms with Crippen LogP contribution >= 0.6 is 0 Å². The molecule has 0 aliphatic carbocycles. The van der Waals surface area contributed by atoms with Gasteiger partial charge in [-0.15, -0.1) is 0 Å². The number of carboxylic acid groups (broad SMARTS) is 1. The molecule has 21 heavy (non-hydrogen) atoms. The molecule has 1 rings (SSSR count). The van der Waals surface area contributed by atoms with Crippen LogP contribution in [0.5, 0.6) is 0 Å². The average molecular weight is 299 g/mol. The summed E-state index contributed by atoms with van der Waals surface area (Å²) in [5, 5.41) is 17.6. The number of carbonyl (C=O) groups is 3. The largest absolute Gasteiger partial charge is 0.480 e. The van der Waals surface area contributed by atoms with Gasteiger partial charge in [-0.25, -0.2) is 14.6 Å². The molecule has 10 heteroatoms. The van der Waals surface area contributed by atoms with E-state index < -0.39 is 24.0 Å². The molecular formula is C11H17N5O5. The van der Waals surface area contributed by atoms with Crippen molar-refractivity contribution < 1.29 is 24.2 Å². The van der Waals surface area contributed by atoms with Gasteiger partial charge in [0.1, 0.15) is 18.2 Å². The Morgan fingerprint density at radius 1 is 1.52 bits per heavy atom. The Balaban J connectivity index is 2.51. The molecule has 2 amide bonds. The Bertz CT molecular complexity index is 489. The summed E-state index contributed by atoms with van der Waals surface area (Å²) in [4.78, 5) is 39.0. The van der Waals surface area contributed by atoms with Crippen molar-refractivity contribution in [1.82, 2.24) is 25.4 Å². The summed E-state index contributed by atoms with van der Waals surface area (Å²) in [6, 6.07) is -1.77. The molecular weight excluding hydrogens is 282 g/mol. The quantitative estimate of drug-likeness (QED) is 0.569. The van der Waals surface area contributed by atoms with Crippen LogP contribution in [-0.4, -0.2) is 63.4 Å². The van der Waals surface area contributed by atoms with Crippen LogP contribution in [-0.2, 0) is 20.9 Å². The molecule has 0 bridgehead atoms. The van der Waals surface area contributed by atoms with Gasteiger partial charge in [-0.1, -0.05) is 0 Å². The topological polar surface area (TPSA) is 138 Å². The summed E-state index contributed by atoms with van der Waals surface area (Å²) in [5.74, 6) is -1.29. The van der Waals surface area contributed by atoms with E-state index in [2.05, 4.69) is 25.2 Å². The van der Waals surface area contributed by atoms with Gasteiger partial charge in [-0.2, -0.15) is 5.10 Å². The van der Waals surface area contributed by atoms with Gasteiger partial charge in [-0.3, -0.25) is 9.89 Å². The first-order valence-corrected chi connectivity index (χ1v) is 6.09. The van der Waals surface area contributed by atoms with Crippen LogP contribution in [0.3, 0.4) is 0 Å². The number of carboxylic acids is 1. The van der Waals surface area contributed by atoms with Gasteiger partial charge in [-0.05, 0) is 6.42 Å². The van der Waals surface area contributed by atoms with E-state index in [4.69, 9.17) is 5.11 Å². The zero-order valence-corrected chi connectivity index (χ0v) is 11.7. The number of hydrogen-bond acceptors (Lipinski definition) is 6. The third kappa shape index (κ3) is 5.47. The highest BCUT2D eigenvalue weighted by molar-refractivity contribution is 5.83. The summed E-state index contributed by atoms with van der Waals surface area (Å²) < 4.78 is 4.43. The highest BCUT2D eigenvalue weighted by Crippen LogP contribution is 2.02. The molecule has 3 N–H and O–H groups in total. The molecule has 1 aromatic heterocycles. The maximum absolute atomic E-state index is 11.9. The summed E-state index contributed by atoms with van der Waals surface area (Å²) in [6.07, 6.45) is 1.15. The maximum atomic E-state index is 11.9. The van der Waals surface area contributed by atoms with E-state index in [0.29, 0.717) is 5.82 Å². The predicted octanol–water partition coefficient (Wildman–Crippen LogP) is -0.647. The van der Waals surface area contributed by atoms with Gasteiger partial charge in [0, 0.05) is 13.5 Å². The lowest BCUT2D eigenvalue weighted by molar-refractivity contribution is -0.142. The molecule has 0 aliphatic heterocycles. The van der Waals surface area contributed by atoms with Crippen LogP contribution in [0.4, 0.5) is 4.79 Å². The number of H-pyrrole nitrogens is 1. The van der Waals surface area contributed by atoms with Crippen LogP contribution in [0.25, 0.3) is 0 Å². The SMILES string of the molecule is COC(=O)CC[C@@H](NC(=O)N(C)Cc1ncn[nH]1)C(=O)O. The van der Waals surface area contributed by atoms with E-state index in [1.165, 1.54) is 25.4 Å². The molecule has 0 fully saturated rings.